The van der Waals surface area contributed by atoms with E-state index in [0.29, 0.717) is 35.9 Å². The Bertz CT molecular complexity index is 539. The number of anilines is 1. The van der Waals surface area contributed by atoms with Crippen LogP contribution < -0.4 is 10.1 Å². The predicted octanol–water partition coefficient (Wildman–Crippen LogP) is 2.20. The fourth-order valence-electron chi connectivity index (χ4n) is 3.49. The molecule has 0 radical (unpaired) electrons. The summed E-state index contributed by atoms with van der Waals surface area (Å²) >= 11 is 1.32. The Morgan fingerprint density at radius 3 is 3.09 bits per heavy atom. The molecule has 8 heteroatoms. The standard InChI is InChI=1S/C15H23N3O4S/c1-20-12-5-3-4-10(12)11-9-22-7-6-18(11)15(19)17-14-16-8-13(21-2)23-14/h8,10-12H,3-7,9H2,1-2H3,(H,16,17,19). The first-order valence-electron chi connectivity index (χ1n) is 7.91. The maximum Gasteiger partial charge on any atom is 0.324 e. The molecule has 3 rings (SSSR count). The van der Waals surface area contributed by atoms with Crippen molar-refractivity contribution in [3.63, 3.8) is 0 Å². The molecule has 3 unspecified atom stereocenters. The minimum absolute atomic E-state index is 0.0538. The summed E-state index contributed by atoms with van der Waals surface area (Å²) in [5.41, 5.74) is 0. The van der Waals surface area contributed by atoms with E-state index in [0.717, 1.165) is 19.3 Å². The number of aromatic nitrogens is 1. The molecule has 1 N–H and O–H groups in total. The summed E-state index contributed by atoms with van der Waals surface area (Å²) in [4.78, 5) is 18.7. The first-order valence-corrected chi connectivity index (χ1v) is 8.72. The molecule has 7 nitrogen and oxygen atoms in total. The highest BCUT2D eigenvalue weighted by Crippen LogP contribution is 2.34. The Kier molecular flexibility index (Phi) is 5.34. The molecule has 0 aromatic carbocycles. The van der Waals surface area contributed by atoms with Crippen LogP contribution in [0.15, 0.2) is 6.20 Å². The van der Waals surface area contributed by atoms with Gasteiger partial charge in [-0.3, -0.25) is 5.32 Å². The lowest BCUT2D eigenvalue weighted by molar-refractivity contribution is -0.0379. The molecule has 2 amide bonds. The molecule has 0 spiro atoms. The number of carbonyl (C=O) groups is 1. The van der Waals surface area contributed by atoms with Crippen LogP contribution in [0.1, 0.15) is 19.3 Å². The molecule has 23 heavy (non-hydrogen) atoms. The second-order valence-corrected chi connectivity index (χ2v) is 6.82. The smallest absolute Gasteiger partial charge is 0.324 e. The topological polar surface area (TPSA) is 72.9 Å². The van der Waals surface area contributed by atoms with Crippen LogP contribution in [0.4, 0.5) is 9.93 Å². The summed E-state index contributed by atoms with van der Waals surface area (Å²) in [5.74, 6) is 0.330. The molecule has 1 aromatic heterocycles. The lowest BCUT2D eigenvalue weighted by Gasteiger charge is -2.40. The number of ether oxygens (including phenoxy) is 3. The maximum atomic E-state index is 12.7. The van der Waals surface area contributed by atoms with Gasteiger partial charge in [0.25, 0.3) is 0 Å². The largest absolute Gasteiger partial charge is 0.486 e. The van der Waals surface area contributed by atoms with Gasteiger partial charge in [-0.15, -0.1) is 0 Å². The molecule has 3 atom stereocenters. The van der Waals surface area contributed by atoms with E-state index in [1.54, 1.807) is 20.4 Å². The lowest BCUT2D eigenvalue weighted by Crippen LogP contribution is -2.55. The van der Waals surface area contributed by atoms with E-state index in [1.165, 1.54) is 11.3 Å². The quantitative estimate of drug-likeness (QED) is 0.909. The van der Waals surface area contributed by atoms with E-state index < -0.39 is 0 Å². The van der Waals surface area contributed by atoms with Gasteiger partial charge in [0.05, 0.1) is 38.7 Å². The number of carbonyl (C=O) groups excluding carboxylic acids is 1. The first kappa shape index (κ1) is 16.5. The van der Waals surface area contributed by atoms with Gasteiger partial charge in [-0.2, -0.15) is 0 Å². The molecular weight excluding hydrogens is 318 g/mol. The number of nitrogens with one attached hydrogen (secondary N) is 1. The van der Waals surface area contributed by atoms with Gasteiger partial charge in [-0.05, 0) is 12.8 Å². The number of rotatable bonds is 4. The van der Waals surface area contributed by atoms with Gasteiger partial charge in [0.15, 0.2) is 10.2 Å². The number of amides is 2. The summed E-state index contributed by atoms with van der Waals surface area (Å²) in [6, 6.07) is -0.0740. The van der Waals surface area contributed by atoms with Crippen LogP contribution in [0, 0.1) is 5.92 Å². The Morgan fingerprint density at radius 2 is 2.35 bits per heavy atom. The Balaban J connectivity index is 1.68. The first-order chi connectivity index (χ1) is 11.2. The average Bonchev–Trinajstić information content (AvgIpc) is 3.23. The molecule has 1 aromatic rings. The van der Waals surface area contributed by atoms with E-state index in [2.05, 4.69) is 10.3 Å². The van der Waals surface area contributed by atoms with Crippen LogP contribution >= 0.6 is 11.3 Å². The van der Waals surface area contributed by atoms with Crippen molar-refractivity contribution in [2.24, 2.45) is 5.92 Å². The third-order valence-electron chi connectivity index (χ3n) is 4.63. The molecule has 128 valence electrons. The normalized spacial score (nSPS) is 27.9. The number of thiazole rings is 1. The zero-order valence-corrected chi connectivity index (χ0v) is 14.3. The van der Waals surface area contributed by atoms with Gasteiger partial charge in [0.2, 0.25) is 0 Å². The minimum Gasteiger partial charge on any atom is -0.486 e. The highest BCUT2D eigenvalue weighted by Gasteiger charge is 2.40. The second kappa shape index (κ2) is 7.46. The number of methoxy groups -OCH3 is 2. The van der Waals surface area contributed by atoms with Crippen molar-refractivity contribution in [1.82, 2.24) is 9.88 Å². The minimum atomic E-state index is -0.128. The van der Waals surface area contributed by atoms with Crippen molar-refractivity contribution in [1.29, 1.82) is 0 Å². The summed E-state index contributed by atoms with van der Waals surface area (Å²) in [7, 11) is 3.33. The van der Waals surface area contributed by atoms with Gasteiger partial charge < -0.3 is 19.1 Å². The fraction of sp³-hybridized carbons (Fsp3) is 0.733. The molecule has 0 bridgehead atoms. The van der Waals surface area contributed by atoms with Crippen molar-refractivity contribution in [3.8, 4) is 5.06 Å². The summed E-state index contributed by atoms with van der Waals surface area (Å²) in [6.07, 6.45) is 5.07. The lowest BCUT2D eigenvalue weighted by atomic mass is 9.94. The van der Waals surface area contributed by atoms with Crippen LogP contribution in [0.25, 0.3) is 0 Å². The third kappa shape index (κ3) is 3.59. The van der Waals surface area contributed by atoms with Crippen molar-refractivity contribution < 1.29 is 19.0 Å². The van der Waals surface area contributed by atoms with Crippen molar-refractivity contribution in [2.75, 3.05) is 39.3 Å². The fourth-order valence-corrected chi connectivity index (χ4v) is 4.11. The number of nitrogens with zero attached hydrogens (tertiary/aromatic N) is 2. The van der Waals surface area contributed by atoms with Crippen LogP contribution in [0.5, 0.6) is 5.06 Å². The average molecular weight is 341 g/mol. The van der Waals surface area contributed by atoms with Gasteiger partial charge in [-0.25, -0.2) is 9.78 Å². The third-order valence-corrected chi connectivity index (χ3v) is 5.50. The van der Waals surface area contributed by atoms with Gasteiger partial charge in [-0.1, -0.05) is 17.8 Å². The van der Waals surface area contributed by atoms with Crippen LogP contribution in [0.3, 0.4) is 0 Å². The number of morpholine rings is 1. The second-order valence-electron chi connectivity index (χ2n) is 5.82. The van der Waals surface area contributed by atoms with Gasteiger partial charge >= 0.3 is 6.03 Å². The molecule has 1 saturated heterocycles. The number of hydrogen-bond donors (Lipinski definition) is 1. The molecular formula is C15H23N3O4S. The summed E-state index contributed by atoms with van der Waals surface area (Å²) in [5, 5.41) is 4.09. The van der Waals surface area contributed by atoms with Gasteiger partial charge in [0.1, 0.15) is 0 Å². The van der Waals surface area contributed by atoms with E-state index >= 15 is 0 Å². The van der Waals surface area contributed by atoms with Crippen LogP contribution in [-0.2, 0) is 9.47 Å². The van der Waals surface area contributed by atoms with E-state index in [-0.39, 0.29) is 18.2 Å². The van der Waals surface area contributed by atoms with Crippen molar-refractivity contribution >= 4 is 22.5 Å². The Hall–Kier alpha value is -1.38. The van der Waals surface area contributed by atoms with Crippen LogP contribution in [-0.4, -0.2) is 62.0 Å². The number of hydrogen-bond acceptors (Lipinski definition) is 6. The van der Waals surface area contributed by atoms with Crippen LogP contribution in [0.2, 0.25) is 0 Å². The molecule has 2 aliphatic rings. The van der Waals surface area contributed by atoms with E-state index in [9.17, 15) is 4.79 Å². The molecule has 1 aliphatic carbocycles. The maximum absolute atomic E-state index is 12.7. The SMILES string of the molecule is COc1cnc(NC(=O)N2CCOCC2C2CCCC2OC)s1. The van der Waals surface area contributed by atoms with E-state index in [1.807, 2.05) is 4.90 Å². The van der Waals surface area contributed by atoms with E-state index in [4.69, 9.17) is 14.2 Å². The zero-order valence-electron chi connectivity index (χ0n) is 13.5. The molecule has 2 heterocycles. The predicted molar refractivity (Wildman–Crippen MR) is 87.1 cm³/mol. The summed E-state index contributed by atoms with van der Waals surface area (Å²) in [6.45, 7) is 1.72. The number of urea groups is 1. The monoisotopic (exact) mass is 341 g/mol. The molecule has 2 fully saturated rings. The zero-order chi connectivity index (χ0) is 16.2. The van der Waals surface area contributed by atoms with Crippen molar-refractivity contribution in [2.45, 2.75) is 31.4 Å². The van der Waals surface area contributed by atoms with Gasteiger partial charge in [0, 0.05) is 19.6 Å². The Morgan fingerprint density at radius 1 is 1.48 bits per heavy atom. The highest BCUT2D eigenvalue weighted by atomic mass is 32.1. The highest BCUT2D eigenvalue weighted by molar-refractivity contribution is 7.17. The molecule has 1 aliphatic heterocycles. The summed E-state index contributed by atoms with van der Waals surface area (Å²) < 4.78 is 16.3. The molecule has 1 saturated carbocycles. The Labute approximate surface area is 139 Å². The van der Waals surface area contributed by atoms with Crippen molar-refractivity contribution in [3.05, 3.63) is 6.20 Å².